The number of carbonyl (C=O) groups is 1. The molecule has 1 saturated heterocycles. The summed E-state index contributed by atoms with van der Waals surface area (Å²) in [5, 5.41) is 2.51. The molecule has 2 rings (SSSR count). The first-order chi connectivity index (χ1) is 8.78. The topological polar surface area (TPSA) is 63.2 Å². The predicted molar refractivity (Wildman–Crippen MR) is 83.7 cm³/mol. The van der Waals surface area contributed by atoms with Crippen molar-refractivity contribution < 1.29 is 13.2 Å². The first-order valence-electron chi connectivity index (χ1n) is 5.39. The van der Waals surface area contributed by atoms with Gasteiger partial charge in [0.05, 0.1) is 28.5 Å². The molecule has 19 heavy (non-hydrogen) atoms. The second-order valence-electron chi connectivity index (χ2n) is 4.30. The van der Waals surface area contributed by atoms with Crippen molar-refractivity contribution in [2.45, 2.75) is 11.4 Å². The van der Waals surface area contributed by atoms with Crippen LogP contribution >= 0.6 is 45.8 Å². The summed E-state index contributed by atoms with van der Waals surface area (Å²) in [6.45, 7) is 0. The molecule has 2 unspecified atom stereocenters. The summed E-state index contributed by atoms with van der Waals surface area (Å²) >= 11 is 13.8. The van der Waals surface area contributed by atoms with E-state index in [4.69, 9.17) is 23.2 Å². The van der Waals surface area contributed by atoms with Gasteiger partial charge < -0.3 is 5.32 Å². The van der Waals surface area contributed by atoms with E-state index in [1.807, 2.05) is 22.6 Å². The molecule has 8 heteroatoms. The van der Waals surface area contributed by atoms with Gasteiger partial charge >= 0.3 is 0 Å². The zero-order valence-corrected chi connectivity index (χ0v) is 14.1. The van der Waals surface area contributed by atoms with Gasteiger partial charge in [0.2, 0.25) is 0 Å². The van der Waals surface area contributed by atoms with E-state index in [0.29, 0.717) is 10.6 Å². The van der Waals surface area contributed by atoms with Crippen molar-refractivity contribution in [2.24, 2.45) is 0 Å². The Labute approximate surface area is 134 Å². The molecule has 0 aliphatic carbocycles. The fourth-order valence-electron chi connectivity index (χ4n) is 1.85. The van der Waals surface area contributed by atoms with Crippen molar-refractivity contribution >= 4 is 61.5 Å². The van der Waals surface area contributed by atoms with Gasteiger partial charge in [-0.3, -0.25) is 4.79 Å². The van der Waals surface area contributed by atoms with Crippen LogP contribution in [0.25, 0.3) is 0 Å². The Kier molecular flexibility index (Phi) is 4.64. The van der Waals surface area contributed by atoms with Crippen LogP contribution < -0.4 is 5.32 Å². The van der Waals surface area contributed by atoms with E-state index < -0.39 is 21.3 Å². The van der Waals surface area contributed by atoms with Gasteiger partial charge in [-0.05, 0) is 40.8 Å². The molecule has 1 aromatic carbocycles. The minimum absolute atomic E-state index is 0.105. The highest BCUT2D eigenvalue weighted by Crippen LogP contribution is 2.21. The van der Waals surface area contributed by atoms with Gasteiger partial charge in [-0.1, -0.05) is 11.6 Å². The maximum Gasteiger partial charge on any atom is 0.252 e. The van der Waals surface area contributed by atoms with E-state index in [1.165, 1.54) is 0 Å². The molecule has 1 aliphatic heterocycles. The van der Waals surface area contributed by atoms with Crippen molar-refractivity contribution in [2.75, 3.05) is 11.5 Å². The molecule has 1 amide bonds. The third kappa shape index (κ3) is 3.74. The second-order valence-corrected chi connectivity index (χ2v) is 8.61. The highest BCUT2D eigenvalue weighted by molar-refractivity contribution is 14.1. The van der Waals surface area contributed by atoms with Crippen LogP contribution in [0.1, 0.15) is 10.4 Å². The van der Waals surface area contributed by atoms with Gasteiger partial charge in [-0.25, -0.2) is 8.42 Å². The summed E-state index contributed by atoms with van der Waals surface area (Å²) in [7, 11) is -3.17. The number of benzene rings is 1. The van der Waals surface area contributed by atoms with Crippen molar-refractivity contribution in [3.63, 3.8) is 0 Å². The molecule has 0 spiro atoms. The maximum absolute atomic E-state index is 12.1. The quantitative estimate of drug-likeness (QED) is 0.573. The first kappa shape index (κ1) is 15.3. The predicted octanol–water partition coefficient (Wildman–Crippen LogP) is 2.08. The van der Waals surface area contributed by atoms with Crippen molar-refractivity contribution in [1.29, 1.82) is 0 Å². The molecule has 0 saturated carbocycles. The van der Waals surface area contributed by atoms with Crippen LogP contribution in [-0.2, 0) is 9.84 Å². The Morgan fingerprint density at radius 3 is 2.63 bits per heavy atom. The Morgan fingerprint density at radius 2 is 2.05 bits per heavy atom. The first-order valence-corrected chi connectivity index (χ1v) is 9.10. The third-order valence-corrected chi connectivity index (χ3v) is 6.32. The highest BCUT2D eigenvalue weighted by Gasteiger charge is 2.37. The lowest BCUT2D eigenvalue weighted by Gasteiger charge is -2.15. The Hall–Kier alpha value is -0.0500. The summed E-state index contributed by atoms with van der Waals surface area (Å²) in [5.41, 5.74) is 0.418. The van der Waals surface area contributed by atoms with Crippen LogP contribution in [0.15, 0.2) is 18.2 Å². The van der Waals surface area contributed by atoms with E-state index in [2.05, 4.69) is 5.32 Å². The summed E-state index contributed by atoms with van der Waals surface area (Å²) in [6.07, 6.45) is 0. The smallest absolute Gasteiger partial charge is 0.252 e. The van der Waals surface area contributed by atoms with Crippen molar-refractivity contribution in [3.8, 4) is 0 Å². The van der Waals surface area contributed by atoms with E-state index in [1.54, 1.807) is 18.2 Å². The third-order valence-electron chi connectivity index (χ3n) is 2.77. The Balaban J connectivity index is 2.16. The summed E-state index contributed by atoms with van der Waals surface area (Å²) < 4.78 is 23.6. The maximum atomic E-state index is 12.1. The van der Waals surface area contributed by atoms with Crippen LogP contribution in [0.5, 0.6) is 0 Å². The van der Waals surface area contributed by atoms with Gasteiger partial charge in [0.25, 0.3) is 5.91 Å². The monoisotopic (exact) mass is 433 g/mol. The van der Waals surface area contributed by atoms with Crippen LogP contribution in [0.3, 0.4) is 0 Å². The zero-order valence-electron chi connectivity index (χ0n) is 9.57. The lowest BCUT2D eigenvalue weighted by molar-refractivity contribution is 0.0940. The number of sulfone groups is 1. The molecule has 104 valence electrons. The molecular formula is C11H10Cl2INO3S. The molecule has 4 nitrogen and oxygen atoms in total. The largest absolute Gasteiger partial charge is 0.347 e. The average molecular weight is 434 g/mol. The molecule has 0 radical (unpaired) electrons. The molecule has 0 bridgehead atoms. The molecule has 1 heterocycles. The highest BCUT2D eigenvalue weighted by atomic mass is 127. The Morgan fingerprint density at radius 1 is 1.37 bits per heavy atom. The number of alkyl halides is 1. The van der Waals surface area contributed by atoms with Crippen LogP contribution in [0, 0.1) is 3.57 Å². The molecule has 1 fully saturated rings. The summed E-state index contributed by atoms with van der Waals surface area (Å²) in [5.74, 6) is -0.587. The van der Waals surface area contributed by atoms with E-state index in [-0.39, 0.29) is 17.4 Å². The molecule has 1 N–H and O–H groups in total. The number of hydrogen-bond acceptors (Lipinski definition) is 3. The standard InChI is InChI=1S/C11H10Cl2INO3S/c12-6-1-2-9(14)7(3-6)11(16)15-10-5-19(17,18)4-8(10)13/h1-3,8,10H,4-5H2,(H,15,16). The molecule has 1 aromatic rings. The van der Waals surface area contributed by atoms with Crippen molar-refractivity contribution in [1.82, 2.24) is 5.32 Å². The normalized spacial score (nSPS) is 25.2. The SMILES string of the molecule is O=C(NC1CS(=O)(=O)CC1Cl)c1cc(Cl)ccc1I. The lowest BCUT2D eigenvalue weighted by atomic mass is 10.2. The van der Waals surface area contributed by atoms with Gasteiger partial charge in [0, 0.05) is 8.59 Å². The second kappa shape index (κ2) is 5.75. The number of halogens is 3. The number of amides is 1. The van der Waals surface area contributed by atoms with Gasteiger partial charge in [-0.2, -0.15) is 0 Å². The van der Waals surface area contributed by atoms with Crippen LogP contribution in [0.4, 0.5) is 0 Å². The van der Waals surface area contributed by atoms with Crippen LogP contribution in [0.2, 0.25) is 5.02 Å². The number of carbonyl (C=O) groups excluding carboxylic acids is 1. The fraction of sp³-hybridized carbons (Fsp3) is 0.364. The van der Waals surface area contributed by atoms with E-state index >= 15 is 0 Å². The fourth-order valence-corrected chi connectivity index (χ4v) is 5.16. The van der Waals surface area contributed by atoms with Gasteiger partial charge in [0.15, 0.2) is 9.84 Å². The summed E-state index contributed by atoms with van der Waals surface area (Å²) in [4.78, 5) is 12.1. The van der Waals surface area contributed by atoms with E-state index in [0.717, 1.165) is 3.57 Å². The van der Waals surface area contributed by atoms with Gasteiger partial charge in [-0.15, -0.1) is 11.6 Å². The molecule has 2 atom stereocenters. The van der Waals surface area contributed by atoms with Gasteiger partial charge in [0.1, 0.15) is 0 Å². The van der Waals surface area contributed by atoms with Crippen LogP contribution in [-0.4, -0.2) is 37.2 Å². The molecular weight excluding hydrogens is 424 g/mol. The van der Waals surface area contributed by atoms with E-state index in [9.17, 15) is 13.2 Å². The number of rotatable bonds is 2. The average Bonchev–Trinajstić information content (AvgIpc) is 2.55. The minimum Gasteiger partial charge on any atom is -0.347 e. The number of nitrogens with one attached hydrogen (secondary N) is 1. The Bertz CT molecular complexity index is 620. The van der Waals surface area contributed by atoms with Crippen molar-refractivity contribution in [3.05, 3.63) is 32.4 Å². The molecule has 1 aliphatic rings. The minimum atomic E-state index is -3.17. The lowest BCUT2D eigenvalue weighted by Crippen LogP contribution is -2.40. The molecule has 0 aromatic heterocycles. The summed E-state index contributed by atoms with van der Waals surface area (Å²) in [6, 6.07) is 4.39. The zero-order chi connectivity index (χ0) is 14.2. The number of hydrogen-bond donors (Lipinski definition) is 1.